The smallest absolute Gasteiger partial charge is 0.371 e. The lowest BCUT2D eigenvalue weighted by molar-refractivity contribution is -0.114. The third kappa shape index (κ3) is 4.66. The van der Waals surface area contributed by atoms with Crippen molar-refractivity contribution in [2.45, 2.75) is 6.92 Å². The Labute approximate surface area is 91.6 Å². The van der Waals surface area contributed by atoms with E-state index >= 15 is 0 Å². The van der Waals surface area contributed by atoms with E-state index in [4.69, 9.17) is 10.7 Å². The number of hydrogen-bond donors (Lipinski definition) is 1. The first-order valence-corrected chi connectivity index (χ1v) is 6.12. The predicted molar refractivity (Wildman–Crippen MR) is 56.1 cm³/mol. The van der Waals surface area contributed by atoms with Crippen LogP contribution in [0.5, 0.6) is 5.75 Å². The van der Waals surface area contributed by atoms with Gasteiger partial charge in [0, 0.05) is 12.6 Å². The average molecular weight is 250 g/mol. The molecule has 1 aromatic rings. The number of hydrogen-bond acceptors (Lipinski definition) is 4. The molecule has 0 atom stereocenters. The van der Waals surface area contributed by atoms with Crippen molar-refractivity contribution in [1.82, 2.24) is 0 Å². The van der Waals surface area contributed by atoms with Crippen molar-refractivity contribution in [3.05, 3.63) is 24.3 Å². The second-order valence-electron chi connectivity index (χ2n) is 2.68. The zero-order valence-corrected chi connectivity index (χ0v) is 9.30. The van der Waals surface area contributed by atoms with Crippen LogP contribution < -0.4 is 9.50 Å². The van der Waals surface area contributed by atoms with E-state index < -0.39 is 9.33 Å². The first kappa shape index (κ1) is 11.8. The van der Waals surface area contributed by atoms with E-state index in [1.54, 1.807) is 0 Å². The minimum atomic E-state index is -4.03. The molecule has 7 heteroatoms. The van der Waals surface area contributed by atoms with Crippen LogP contribution in [0.15, 0.2) is 24.3 Å². The van der Waals surface area contributed by atoms with Crippen molar-refractivity contribution in [1.29, 1.82) is 0 Å². The van der Waals surface area contributed by atoms with Gasteiger partial charge in [0.15, 0.2) is 0 Å². The molecule has 0 fully saturated rings. The predicted octanol–water partition coefficient (Wildman–Crippen LogP) is 1.51. The third-order valence-corrected chi connectivity index (χ3v) is 1.95. The molecular weight excluding hydrogens is 242 g/mol. The van der Waals surface area contributed by atoms with Crippen molar-refractivity contribution >= 4 is 31.6 Å². The highest BCUT2D eigenvalue weighted by molar-refractivity contribution is 8.10. The maximum absolute atomic E-state index is 10.7. The van der Waals surface area contributed by atoms with Crippen molar-refractivity contribution in [3.63, 3.8) is 0 Å². The van der Waals surface area contributed by atoms with Gasteiger partial charge in [0.05, 0.1) is 10.7 Å². The summed E-state index contributed by atoms with van der Waals surface area (Å²) in [7, 11) is 0.844. The van der Waals surface area contributed by atoms with E-state index in [2.05, 4.69) is 9.50 Å². The van der Waals surface area contributed by atoms with Crippen LogP contribution >= 0.6 is 10.7 Å². The van der Waals surface area contributed by atoms with Gasteiger partial charge in [-0.25, -0.2) is 0 Å². The third-order valence-electron chi connectivity index (χ3n) is 1.37. The van der Waals surface area contributed by atoms with Gasteiger partial charge in [-0.3, -0.25) is 4.79 Å². The van der Waals surface area contributed by atoms with Crippen LogP contribution in [0.25, 0.3) is 0 Å². The summed E-state index contributed by atoms with van der Waals surface area (Å²) in [5, 5.41) is 2.52. The fourth-order valence-electron chi connectivity index (χ4n) is 0.912. The Morgan fingerprint density at radius 1 is 1.33 bits per heavy atom. The van der Waals surface area contributed by atoms with Gasteiger partial charge >= 0.3 is 9.33 Å². The number of carbonyl (C=O) groups excluding carboxylic acids is 1. The van der Waals surface area contributed by atoms with Gasteiger partial charge in [-0.15, -0.1) is 0 Å². The molecule has 0 aliphatic carbocycles. The molecule has 0 radical (unpaired) electrons. The zero-order valence-electron chi connectivity index (χ0n) is 7.73. The second-order valence-corrected chi connectivity index (χ2v) is 4.77. The van der Waals surface area contributed by atoms with Crippen molar-refractivity contribution < 1.29 is 17.4 Å². The highest BCUT2D eigenvalue weighted by Gasteiger charge is 2.06. The van der Waals surface area contributed by atoms with E-state index in [0.717, 1.165) is 0 Å². The lowest BCUT2D eigenvalue weighted by Gasteiger charge is -2.03. The summed E-state index contributed by atoms with van der Waals surface area (Å²) in [5.74, 6) is -0.132. The molecule has 0 spiro atoms. The Hall–Kier alpha value is -1.27. The summed E-state index contributed by atoms with van der Waals surface area (Å²) in [6.45, 7) is 1.37. The maximum atomic E-state index is 10.7. The Morgan fingerprint density at radius 2 is 1.87 bits per heavy atom. The Bertz CT molecular complexity index is 454. The summed E-state index contributed by atoms with van der Waals surface area (Å²) < 4.78 is 25.5. The van der Waals surface area contributed by atoms with Crippen LogP contribution in [0, 0.1) is 0 Å². The SMILES string of the molecule is CC(=O)Nc1ccc(OS(=O)(=O)Cl)cc1. The quantitative estimate of drug-likeness (QED) is 0.824. The van der Waals surface area contributed by atoms with Crippen LogP contribution in [0.2, 0.25) is 0 Å². The first-order valence-electron chi connectivity index (χ1n) is 3.88. The monoisotopic (exact) mass is 249 g/mol. The lowest BCUT2D eigenvalue weighted by Crippen LogP contribution is -2.05. The second kappa shape index (κ2) is 4.50. The van der Waals surface area contributed by atoms with Gasteiger partial charge in [-0.2, -0.15) is 8.42 Å². The summed E-state index contributed by atoms with van der Waals surface area (Å²) in [6.07, 6.45) is 0. The molecular formula is C8H8ClNO4S. The summed E-state index contributed by atoms with van der Waals surface area (Å²) >= 11 is 0. The zero-order chi connectivity index (χ0) is 11.5. The minimum Gasteiger partial charge on any atom is -0.371 e. The van der Waals surface area contributed by atoms with Crippen LogP contribution in [-0.2, 0) is 14.1 Å². The van der Waals surface area contributed by atoms with E-state index in [0.29, 0.717) is 5.69 Å². The number of rotatable bonds is 3. The molecule has 0 aliphatic heterocycles. The van der Waals surface area contributed by atoms with Gasteiger partial charge in [-0.05, 0) is 24.3 Å². The Balaban J connectivity index is 2.77. The molecule has 1 rings (SSSR count). The summed E-state index contributed by atoms with van der Waals surface area (Å²) in [6, 6.07) is 5.76. The molecule has 0 aliphatic rings. The minimum absolute atomic E-state index is 0.0825. The Kier molecular flexibility index (Phi) is 3.54. The topological polar surface area (TPSA) is 72.5 Å². The van der Waals surface area contributed by atoms with E-state index in [1.165, 1.54) is 31.2 Å². The van der Waals surface area contributed by atoms with Crippen LogP contribution in [0.1, 0.15) is 6.92 Å². The fraction of sp³-hybridized carbons (Fsp3) is 0.125. The van der Waals surface area contributed by atoms with Gasteiger partial charge in [0.2, 0.25) is 5.91 Å². The highest BCUT2D eigenvalue weighted by Crippen LogP contribution is 2.18. The average Bonchev–Trinajstić information content (AvgIpc) is 2.05. The molecule has 0 saturated carbocycles. The number of nitrogens with one attached hydrogen (secondary N) is 1. The Morgan fingerprint density at radius 3 is 2.27 bits per heavy atom. The van der Waals surface area contributed by atoms with E-state index in [9.17, 15) is 13.2 Å². The highest BCUT2D eigenvalue weighted by atomic mass is 35.7. The molecule has 0 saturated heterocycles. The van der Waals surface area contributed by atoms with Crippen LogP contribution in [0.4, 0.5) is 5.69 Å². The molecule has 0 bridgehead atoms. The molecule has 0 unspecified atom stereocenters. The van der Waals surface area contributed by atoms with Crippen molar-refractivity contribution in [3.8, 4) is 5.75 Å². The molecule has 1 aromatic carbocycles. The molecule has 0 aromatic heterocycles. The first-order chi connectivity index (χ1) is 6.87. The van der Waals surface area contributed by atoms with Crippen molar-refractivity contribution in [2.24, 2.45) is 0 Å². The normalized spacial score (nSPS) is 10.8. The molecule has 5 nitrogen and oxygen atoms in total. The molecule has 82 valence electrons. The number of carbonyl (C=O) groups is 1. The van der Waals surface area contributed by atoms with Gasteiger partial charge in [-0.1, -0.05) is 0 Å². The number of amides is 1. The number of benzene rings is 1. The van der Waals surface area contributed by atoms with E-state index in [-0.39, 0.29) is 11.7 Å². The summed E-state index contributed by atoms with van der Waals surface area (Å²) in [4.78, 5) is 10.7. The summed E-state index contributed by atoms with van der Waals surface area (Å²) in [5.41, 5.74) is 0.543. The number of anilines is 1. The van der Waals surface area contributed by atoms with Gasteiger partial charge < -0.3 is 9.50 Å². The molecule has 1 amide bonds. The maximum Gasteiger partial charge on any atom is 0.401 e. The van der Waals surface area contributed by atoms with Gasteiger partial charge in [0.1, 0.15) is 5.75 Å². The number of halogens is 1. The van der Waals surface area contributed by atoms with Crippen LogP contribution in [-0.4, -0.2) is 14.3 Å². The standard InChI is InChI=1S/C8H8ClNO4S/c1-6(11)10-7-2-4-8(5-3-7)14-15(9,12)13/h2-5H,1H3,(H,10,11). The largest absolute Gasteiger partial charge is 0.401 e. The molecule has 15 heavy (non-hydrogen) atoms. The molecule has 0 heterocycles. The van der Waals surface area contributed by atoms with Gasteiger partial charge in [0.25, 0.3) is 0 Å². The van der Waals surface area contributed by atoms with Crippen LogP contribution in [0.3, 0.4) is 0 Å². The fourth-order valence-corrected chi connectivity index (χ4v) is 1.47. The molecule has 1 N–H and O–H groups in total. The van der Waals surface area contributed by atoms with E-state index in [1.807, 2.05) is 0 Å². The van der Waals surface area contributed by atoms with Crippen molar-refractivity contribution in [2.75, 3.05) is 5.32 Å². The lowest BCUT2D eigenvalue weighted by atomic mass is 10.3.